The lowest BCUT2D eigenvalue weighted by molar-refractivity contribution is -0.286. The van der Waals surface area contributed by atoms with E-state index in [1.54, 1.807) is 47.3 Å². The molecule has 3 aromatic carbocycles. The number of aromatic amines is 2. The Balaban J connectivity index is 1.27. The number of benzene rings is 3. The van der Waals surface area contributed by atoms with Crippen LogP contribution in [0.5, 0.6) is 11.5 Å². The van der Waals surface area contributed by atoms with Crippen LogP contribution in [0.1, 0.15) is 5.56 Å². The molecule has 0 fully saturated rings. The third-order valence-corrected chi connectivity index (χ3v) is 6.06. The Hall–Kier alpha value is -5.07. The second-order valence-corrected chi connectivity index (χ2v) is 8.46. The van der Waals surface area contributed by atoms with Crippen molar-refractivity contribution < 1.29 is 22.6 Å². The van der Waals surface area contributed by atoms with Crippen LogP contribution in [0.25, 0.3) is 39.0 Å². The van der Waals surface area contributed by atoms with E-state index in [1.807, 2.05) is 0 Å². The second-order valence-electron chi connectivity index (χ2n) is 8.46. The summed E-state index contributed by atoms with van der Waals surface area (Å²) in [5, 5.41) is 12.4. The van der Waals surface area contributed by atoms with Gasteiger partial charge >= 0.3 is 12.0 Å². The van der Waals surface area contributed by atoms with E-state index in [0.717, 1.165) is 0 Å². The Labute approximate surface area is 203 Å². The molecule has 7 rings (SSSR count). The smallest absolute Gasteiger partial charge is 0.395 e. The number of ether oxygens (including phenoxy) is 2. The topological polar surface area (TPSA) is 116 Å². The fourth-order valence-electron chi connectivity index (χ4n) is 4.44. The third kappa shape index (κ3) is 3.51. The monoisotopic (exact) mass is 505 g/mol. The largest absolute Gasteiger partial charge is 0.586 e. The van der Waals surface area contributed by atoms with Gasteiger partial charge in [-0.2, -0.15) is 5.10 Å². The maximum atomic E-state index is 15.1. The lowest BCUT2D eigenvalue weighted by atomic mass is 10.1. The molecule has 0 aliphatic carbocycles. The van der Waals surface area contributed by atoms with Gasteiger partial charge in [0.05, 0.1) is 34.5 Å². The molecule has 0 spiro atoms. The summed E-state index contributed by atoms with van der Waals surface area (Å²) in [5.41, 5.74) is 3.65. The minimum absolute atomic E-state index is 0.0513. The quantitative estimate of drug-likeness (QED) is 0.375. The lowest BCUT2D eigenvalue weighted by Gasteiger charge is -2.10. The number of aromatic nitrogens is 7. The number of rotatable bonds is 4. The molecule has 1 aliphatic rings. The van der Waals surface area contributed by atoms with Crippen molar-refractivity contribution in [1.29, 1.82) is 0 Å². The van der Waals surface area contributed by atoms with Crippen LogP contribution in [0.4, 0.5) is 13.2 Å². The van der Waals surface area contributed by atoms with Crippen LogP contribution >= 0.6 is 0 Å². The van der Waals surface area contributed by atoms with E-state index < -0.39 is 12.1 Å². The Morgan fingerprint density at radius 3 is 2.68 bits per heavy atom. The van der Waals surface area contributed by atoms with Gasteiger partial charge in [-0.1, -0.05) is 11.3 Å². The van der Waals surface area contributed by atoms with Crippen molar-refractivity contribution in [3.05, 3.63) is 82.7 Å². The number of H-pyrrole nitrogens is 2. The summed E-state index contributed by atoms with van der Waals surface area (Å²) in [5.74, 6) is -0.697. The van der Waals surface area contributed by atoms with Crippen LogP contribution < -0.4 is 15.2 Å². The number of nitrogens with zero attached hydrogens (tertiary/aromatic N) is 5. The SMILES string of the molecule is O=c1[nH]c2ccc(-n3nnc4c(F)cc(-c5ccnn5Cc5ccc6c(c5)OC(F)(F)O6)cc43)cc2[nH]1. The fourth-order valence-corrected chi connectivity index (χ4v) is 4.44. The molecule has 0 bridgehead atoms. The van der Waals surface area contributed by atoms with Crippen LogP contribution in [0.15, 0.2) is 65.6 Å². The molecular formula is C24H14F3N7O3. The maximum Gasteiger partial charge on any atom is 0.586 e. The van der Waals surface area contributed by atoms with Gasteiger partial charge < -0.3 is 19.4 Å². The van der Waals surface area contributed by atoms with E-state index in [2.05, 4.69) is 34.9 Å². The Morgan fingerprint density at radius 2 is 1.78 bits per heavy atom. The van der Waals surface area contributed by atoms with Crippen molar-refractivity contribution in [3.8, 4) is 28.4 Å². The molecule has 0 saturated heterocycles. The zero-order chi connectivity index (χ0) is 25.3. The standard InChI is InChI=1S/C24H14F3N7O3/c25-15-8-13(9-19-22(15)31-32-34(19)14-2-3-16-17(10-14)30-23(35)29-16)18-5-6-28-33(18)11-12-1-4-20-21(7-12)37-24(26,27)36-20/h1-10H,11H2,(H2,29,30,35). The highest BCUT2D eigenvalue weighted by atomic mass is 19.3. The van der Waals surface area contributed by atoms with Gasteiger partial charge in [-0.05, 0) is 54.1 Å². The lowest BCUT2D eigenvalue weighted by Crippen LogP contribution is -2.25. The minimum atomic E-state index is -3.71. The second kappa shape index (κ2) is 7.46. The minimum Gasteiger partial charge on any atom is -0.395 e. The molecular weight excluding hydrogens is 491 g/mol. The van der Waals surface area contributed by atoms with E-state index in [-0.39, 0.29) is 29.3 Å². The van der Waals surface area contributed by atoms with Gasteiger partial charge in [0.25, 0.3) is 0 Å². The number of imidazole rings is 1. The van der Waals surface area contributed by atoms with E-state index in [9.17, 15) is 13.6 Å². The van der Waals surface area contributed by atoms with Gasteiger partial charge in [0.1, 0.15) is 5.52 Å². The molecule has 184 valence electrons. The predicted molar refractivity (Wildman–Crippen MR) is 124 cm³/mol. The number of nitrogens with one attached hydrogen (secondary N) is 2. The van der Waals surface area contributed by atoms with Crippen LogP contribution in [0.3, 0.4) is 0 Å². The number of hydrogen-bond donors (Lipinski definition) is 2. The number of fused-ring (bicyclic) bond motifs is 3. The van der Waals surface area contributed by atoms with E-state index >= 15 is 4.39 Å². The first-order valence-electron chi connectivity index (χ1n) is 11.0. The van der Waals surface area contributed by atoms with Crippen molar-refractivity contribution in [2.24, 2.45) is 0 Å². The Bertz CT molecular complexity index is 1900. The summed E-state index contributed by atoms with van der Waals surface area (Å²) in [7, 11) is 0. The van der Waals surface area contributed by atoms with Crippen LogP contribution in [0, 0.1) is 5.82 Å². The van der Waals surface area contributed by atoms with Gasteiger partial charge in [-0.3, -0.25) is 4.68 Å². The Kier molecular flexibility index (Phi) is 4.28. The predicted octanol–water partition coefficient (Wildman–Crippen LogP) is 3.96. The van der Waals surface area contributed by atoms with E-state index in [0.29, 0.717) is 39.1 Å². The molecule has 0 radical (unpaired) electrons. The molecule has 0 atom stereocenters. The van der Waals surface area contributed by atoms with Crippen molar-refractivity contribution in [2.45, 2.75) is 12.8 Å². The first-order chi connectivity index (χ1) is 17.8. The molecule has 10 nitrogen and oxygen atoms in total. The highest BCUT2D eigenvalue weighted by Gasteiger charge is 2.43. The average molecular weight is 505 g/mol. The summed E-state index contributed by atoms with van der Waals surface area (Å²) in [4.78, 5) is 17.0. The molecule has 1 aliphatic heterocycles. The summed E-state index contributed by atoms with van der Waals surface area (Å²) in [6.45, 7) is 0.208. The van der Waals surface area contributed by atoms with Crippen molar-refractivity contribution in [2.75, 3.05) is 0 Å². The van der Waals surface area contributed by atoms with Gasteiger partial charge in [0.2, 0.25) is 0 Å². The molecule has 13 heteroatoms. The molecule has 0 amide bonds. The average Bonchev–Trinajstić information content (AvgIpc) is 3.61. The zero-order valence-corrected chi connectivity index (χ0v) is 18.6. The molecule has 3 aromatic heterocycles. The van der Waals surface area contributed by atoms with E-state index in [4.69, 9.17) is 0 Å². The Morgan fingerprint density at radius 1 is 0.946 bits per heavy atom. The van der Waals surface area contributed by atoms with Crippen molar-refractivity contribution >= 4 is 22.1 Å². The van der Waals surface area contributed by atoms with Gasteiger partial charge in [-0.25, -0.2) is 13.9 Å². The molecule has 2 N–H and O–H groups in total. The first-order valence-corrected chi connectivity index (χ1v) is 11.0. The molecule has 6 aromatic rings. The fraction of sp³-hybridized carbons (Fsp3) is 0.0833. The van der Waals surface area contributed by atoms with Gasteiger partial charge in [0.15, 0.2) is 17.3 Å². The number of hydrogen-bond acceptors (Lipinski definition) is 6. The van der Waals surface area contributed by atoms with Crippen molar-refractivity contribution in [3.63, 3.8) is 0 Å². The molecule has 0 saturated carbocycles. The molecule has 0 unspecified atom stereocenters. The molecule has 37 heavy (non-hydrogen) atoms. The molecule has 4 heterocycles. The van der Waals surface area contributed by atoms with Crippen LogP contribution in [0.2, 0.25) is 0 Å². The highest BCUT2D eigenvalue weighted by Crippen LogP contribution is 2.41. The normalized spacial score (nSPS) is 14.1. The van der Waals surface area contributed by atoms with Gasteiger partial charge in [0, 0.05) is 11.8 Å². The van der Waals surface area contributed by atoms with Crippen LogP contribution in [-0.4, -0.2) is 41.0 Å². The summed E-state index contributed by atoms with van der Waals surface area (Å²) >= 11 is 0. The first kappa shape index (κ1) is 21.2. The van der Waals surface area contributed by atoms with E-state index in [1.165, 1.54) is 22.9 Å². The van der Waals surface area contributed by atoms with Gasteiger partial charge in [-0.15, -0.1) is 13.9 Å². The summed E-state index contributed by atoms with van der Waals surface area (Å²) in [6.07, 6.45) is -2.15. The van der Waals surface area contributed by atoms with Crippen LogP contribution in [-0.2, 0) is 6.54 Å². The number of alkyl halides is 2. The summed E-state index contributed by atoms with van der Waals surface area (Å²) in [6, 6.07) is 14.4. The summed E-state index contributed by atoms with van der Waals surface area (Å²) < 4.78 is 53.9. The zero-order valence-electron chi connectivity index (χ0n) is 18.6. The third-order valence-electron chi connectivity index (χ3n) is 6.06. The van der Waals surface area contributed by atoms with Crippen molar-refractivity contribution in [1.82, 2.24) is 34.7 Å². The maximum absolute atomic E-state index is 15.1. The number of halogens is 3. The highest BCUT2D eigenvalue weighted by molar-refractivity contribution is 5.84.